The van der Waals surface area contributed by atoms with E-state index in [0.29, 0.717) is 29.1 Å². The van der Waals surface area contributed by atoms with Gasteiger partial charge in [-0.25, -0.2) is 13.4 Å². The van der Waals surface area contributed by atoms with Gasteiger partial charge in [0.05, 0.1) is 39.9 Å². The molecule has 4 heterocycles. The second kappa shape index (κ2) is 26.8. The van der Waals surface area contributed by atoms with Crippen LogP contribution in [-0.4, -0.2) is 139 Å². The number of fused-ring (bicyclic) bond motifs is 1. The van der Waals surface area contributed by atoms with E-state index in [4.69, 9.17) is 4.74 Å². The van der Waals surface area contributed by atoms with Crippen molar-refractivity contribution in [3.63, 3.8) is 0 Å². The average molecular weight is 1280 g/mol. The van der Waals surface area contributed by atoms with Crippen molar-refractivity contribution < 1.29 is 82.4 Å². The third kappa shape index (κ3) is 14.3. The maximum Gasteiger partial charge on any atom is 0.438 e. The van der Waals surface area contributed by atoms with Gasteiger partial charge in [-0.05, 0) is 76.7 Å². The molecule has 10 rings (SSSR count). The molecule has 17 nitrogen and oxygen atoms in total. The highest BCUT2D eigenvalue weighted by Gasteiger charge is 2.65. The second-order valence-corrected chi connectivity index (χ2v) is 23.2. The minimum atomic E-state index is -5.20. The zero-order chi connectivity index (χ0) is 64.7. The fourth-order valence-corrected chi connectivity index (χ4v) is 11.9. The Hall–Kier alpha value is -8.28. The number of hydrogen-bond donors (Lipinski definition) is 3. The molecule has 3 unspecified atom stereocenters. The number of benzene rings is 6. The number of hydrazone groups is 3. The summed E-state index contributed by atoms with van der Waals surface area (Å²) in [4.78, 5) is 42.3. The van der Waals surface area contributed by atoms with Gasteiger partial charge >= 0.3 is 18.5 Å². The quantitative estimate of drug-likeness (QED) is 0.0876. The van der Waals surface area contributed by atoms with Gasteiger partial charge in [-0.3, -0.25) is 14.4 Å². The monoisotopic (exact) mass is 1280 g/mol. The fourth-order valence-electron chi connectivity index (χ4n) is 9.46. The normalized spacial score (nSPS) is 19.8. The van der Waals surface area contributed by atoms with Gasteiger partial charge in [-0.15, -0.1) is 11.8 Å². The van der Waals surface area contributed by atoms with Crippen molar-refractivity contribution in [3.05, 3.63) is 197 Å². The van der Waals surface area contributed by atoms with E-state index in [1.54, 1.807) is 111 Å². The van der Waals surface area contributed by atoms with Crippen molar-refractivity contribution in [2.45, 2.75) is 99.2 Å². The number of aliphatic imine (C=N–C) groups is 1. The topological polar surface area (TPSA) is 218 Å². The first kappa shape index (κ1) is 66.7. The predicted octanol–water partition coefficient (Wildman–Crippen LogP) is 11.0. The first-order valence-corrected chi connectivity index (χ1v) is 29.8. The fraction of sp³-hybridized carbons (Fsp3) is 0.295. The highest BCUT2D eigenvalue weighted by Crippen LogP contribution is 2.44. The maximum atomic E-state index is 13.8. The number of thioether (sulfide) groups is 1. The van der Waals surface area contributed by atoms with Crippen LogP contribution in [0.3, 0.4) is 0 Å². The predicted molar refractivity (Wildman–Crippen MR) is 313 cm³/mol. The van der Waals surface area contributed by atoms with Gasteiger partial charge in [0.1, 0.15) is 5.75 Å². The number of amides is 3. The Kier molecular flexibility index (Phi) is 20.1. The molecule has 4 aliphatic rings. The number of halogens is 9. The highest BCUT2D eigenvalue weighted by atomic mass is 32.2. The van der Waals surface area contributed by atoms with Crippen LogP contribution in [0.1, 0.15) is 88.6 Å². The van der Waals surface area contributed by atoms with Crippen LogP contribution in [0.15, 0.2) is 183 Å². The lowest BCUT2D eigenvalue weighted by atomic mass is 10.0. The van der Waals surface area contributed by atoms with E-state index in [0.717, 1.165) is 44.9 Å². The Labute approximate surface area is 509 Å². The van der Waals surface area contributed by atoms with Crippen LogP contribution < -0.4 is 4.74 Å². The molecule has 28 heteroatoms. The van der Waals surface area contributed by atoms with Crippen LogP contribution in [0.4, 0.5) is 45.2 Å². The largest absolute Gasteiger partial charge is 0.483 e. The molecule has 0 saturated carbocycles. The van der Waals surface area contributed by atoms with E-state index < -0.39 is 89.3 Å². The van der Waals surface area contributed by atoms with E-state index in [1.165, 1.54) is 48.0 Å². The highest BCUT2D eigenvalue weighted by molar-refractivity contribution is 8.13. The van der Waals surface area contributed by atoms with Gasteiger partial charge in [0, 0.05) is 49.0 Å². The lowest BCUT2D eigenvalue weighted by Crippen LogP contribution is -2.57. The molecule has 3 amide bonds. The number of aliphatic hydroxyl groups is 3. The van der Waals surface area contributed by atoms with Crippen molar-refractivity contribution in [2.24, 2.45) is 20.3 Å². The summed E-state index contributed by atoms with van der Waals surface area (Å²) in [6.07, 6.45) is -15.6. The number of sulfonamides is 1. The zero-order valence-electron chi connectivity index (χ0n) is 47.5. The molecule has 3 N–H and O–H groups in total. The number of para-hydroxylation sites is 2. The molecule has 6 aromatic rings. The molecular weight excluding hydrogens is 1220 g/mol. The Bertz CT molecular complexity index is 3800. The molecule has 4 aliphatic heterocycles. The van der Waals surface area contributed by atoms with Crippen LogP contribution in [0, 0.1) is 0 Å². The maximum absolute atomic E-state index is 13.8. The number of hydrogen-bond acceptors (Lipinski definition) is 14. The molecule has 6 aromatic carbocycles. The number of ether oxygens (including phenoxy) is 1. The molecule has 470 valence electrons. The summed E-state index contributed by atoms with van der Waals surface area (Å²) in [7, 11) is -3.95. The van der Waals surface area contributed by atoms with Gasteiger partial charge < -0.3 is 20.1 Å². The van der Waals surface area contributed by atoms with Gasteiger partial charge in [-0.1, -0.05) is 136 Å². The number of carbonyl (C=O) groups is 3. The minimum absolute atomic E-state index is 0.0154. The Morgan fingerprint density at radius 1 is 0.618 bits per heavy atom. The van der Waals surface area contributed by atoms with Crippen LogP contribution >= 0.6 is 11.8 Å². The molecule has 0 saturated heterocycles. The summed E-state index contributed by atoms with van der Waals surface area (Å²) < 4.78 is 154. The van der Waals surface area contributed by atoms with Crippen molar-refractivity contribution in [1.82, 2.24) is 19.3 Å². The molecule has 3 atom stereocenters. The Morgan fingerprint density at radius 2 is 1.15 bits per heavy atom. The van der Waals surface area contributed by atoms with Crippen molar-refractivity contribution in [1.29, 1.82) is 0 Å². The number of alkyl halides is 9. The van der Waals surface area contributed by atoms with E-state index in [9.17, 15) is 77.6 Å². The molecule has 89 heavy (non-hydrogen) atoms. The number of aryl methyl sites for hydroxylation is 1. The van der Waals surface area contributed by atoms with E-state index in [2.05, 4.69) is 20.3 Å². The van der Waals surface area contributed by atoms with Gasteiger partial charge in [0.2, 0.25) is 10.0 Å². The lowest BCUT2D eigenvalue weighted by molar-refractivity contribution is -0.302. The van der Waals surface area contributed by atoms with Crippen LogP contribution in [0.5, 0.6) is 5.75 Å². The van der Waals surface area contributed by atoms with Gasteiger partial charge in [0.15, 0.2) is 6.61 Å². The minimum Gasteiger partial charge on any atom is -0.483 e. The van der Waals surface area contributed by atoms with E-state index in [1.807, 2.05) is 31.2 Å². The molecule has 0 spiro atoms. The van der Waals surface area contributed by atoms with Gasteiger partial charge in [0.25, 0.3) is 34.9 Å². The van der Waals surface area contributed by atoms with Crippen LogP contribution in [0.2, 0.25) is 0 Å². The number of rotatable bonds is 14. The number of carbonyl (C=O) groups excluding carboxylic acids is 3. The molecule has 0 radical (unpaired) electrons. The summed E-state index contributed by atoms with van der Waals surface area (Å²) in [5.74, 6) is -2.34. The lowest BCUT2D eigenvalue weighted by Gasteiger charge is -2.32. The van der Waals surface area contributed by atoms with E-state index >= 15 is 0 Å². The van der Waals surface area contributed by atoms with Gasteiger partial charge in [-0.2, -0.15) is 74.1 Å². The third-order valence-corrected chi connectivity index (χ3v) is 17.5. The molecular formula is C61H57F9N8O9S2. The summed E-state index contributed by atoms with van der Waals surface area (Å²) in [5, 5.41) is 42.8. The summed E-state index contributed by atoms with van der Waals surface area (Å²) in [5.41, 5.74) is -6.17. The standard InChI is InChI=1S/C21H22F3N3O4S.C20H16F3N3O2S.C20H19F3N2O3/c1-3-26(4-2)32(30,31)17-12-8-11-16(13-17)19(28)27-20(29,21(22,23)24)14-18(25-27)15-9-6-5-7-10-15;21-20(22,23)19(28)9-10-24-26(19)18(27)14-7-5-13(6-8-14)12-29-17-11-15-3-1-2-4-16(15)25-17;1-2-14-8-6-7-11-17(14)28-13-18(26)25-19(27,20(21,22)23)12-16(24-25)15-9-4-3-5-10-15/h5-13,29H,3-4,14H2,1-2H3;1-8,10,28H,9,11-12H2;3-11,27H,2,12-13H2,1H3. The summed E-state index contributed by atoms with van der Waals surface area (Å²) >= 11 is 1.58. The average Bonchev–Trinajstić information content (AvgIpc) is 2.19. The molecule has 0 aliphatic carbocycles. The van der Waals surface area contributed by atoms with Crippen LogP contribution in [0.25, 0.3) is 0 Å². The smallest absolute Gasteiger partial charge is 0.438 e. The van der Waals surface area contributed by atoms with Crippen molar-refractivity contribution >= 4 is 67.9 Å². The first-order chi connectivity index (χ1) is 42.0. The SMILES string of the molecule is CCN(CC)S(=O)(=O)c1cccc(C(=O)N2N=C(c3ccccc3)CC2(O)C(F)(F)F)c1.CCc1ccccc1OCC(=O)N1N=C(c2ccccc2)CC1(O)C(F)(F)F.O=C(c1ccc(CSC2=Nc3ccccc3C2)cc1)N1N=CCC1(O)C(F)(F)F. The van der Waals surface area contributed by atoms with Crippen molar-refractivity contribution in [2.75, 3.05) is 19.7 Å². The summed E-state index contributed by atoms with van der Waals surface area (Å²) in [6.45, 7) is 4.86. The third-order valence-electron chi connectivity index (χ3n) is 14.4. The zero-order valence-corrected chi connectivity index (χ0v) is 49.2. The summed E-state index contributed by atoms with van der Waals surface area (Å²) in [6, 6.07) is 41.8. The van der Waals surface area contributed by atoms with Crippen molar-refractivity contribution in [3.8, 4) is 5.75 Å². The Morgan fingerprint density at radius 3 is 1.71 bits per heavy atom. The first-order valence-electron chi connectivity index (χ1n) is 27.4. The van der Waals surface area contributed by atoms with E-state index in [-0.39, 0.29) is 55.6 Å². The van der Waals surface area contributed by atoms with Crippen LogP contribution in [-0.2, 0) is 33.4 Å². The molecule has 0 aromatic heterocycles. The molecule has 0 bridgehead atoms. The second-order valence-electron chi connectivity index (χ2n) is 20.2. The number of nitrogens with zero attached hydrogens (tertiary/aromatic N) is 8. The Balaban J connectivity index is 0.000000173. The molecule has 0 fully saturated rings.